The first kappa shape index (κ1) is 9.19. The van der Waals surface area contributed by atoms with E-state index in [9.17, 15) is 0 Å². The van der Waals surface area contributed by atoms with Gasteiger partial charge in [0.25, 0.3) is 0 Å². The van der Waals surface area contributed by atoms with Crippen LogP contribution in [0.1, 0.15) is 20.8 Å². The molecule has 0 N–H and O–H groups in total. The molecule has 0 spiro atoms. The maximum Gasteiger partial charge on any atom is 0.177 e. The van der Waals surface area contributed by atoms with Gasteiger partial charge >= 0.3 is 0 Å². The third kappa shape index (κ3) is 1.76. The van der Waals surface area contributed by atoms with Gasteiger partial charge in [-0.15, -0.1) is 0 Å². The maximum atomic E-state index is 4.25. The van der Waals surface area contributed by atoms with Crippen molar-refractivity contribution in [1.29, 1.82) is 0 Å². The molecule has 74 valence electrons. The Balaban J connectivity index is 2.44. The summed E-state index contributed by atoms with van der Waals surface area (Å²) in [6.07, 6.45) is 3.64. The molecule has 0 atom stereocenters. The van der Waals surface area contributed by atoms with Crippen molar-refractivity contribution in [3.8, 4) is 0 Å². The molecule has 0 saturated carbocycles. The smallest absolute Gasteiger partial charge is 0.177 e. The van der Waals surface area contributed by atoms with Crippen LogP contribution in [0, 0.1) is 5.41 Å². The van der Waals surface area contributed by atoms with Gasteiger partial charge in [-0.2, -0.15) is 0 Å². The summed E-state index contributed by atoms with van der Waals surface area (Å²) in [5.41, 5.74) is 2.21. The SMILES string of the molecule is CC(C)(C)Cn1cnc2ncccc21. The second-order valence-corrected chi connectivity index (χ2v) is 4.78. The van der Waals surface area contributed by atoms with E-state index in [1.54, 1.807) is 6.20 Å². The van der Waals surface area contributed by atoms with Crippen molar-refractivity contribution in [2.45, 2.75) is 27.3 Å². The zero-order valence-electron chi connectivity index (χ0n) is 8.86. The van der Waals surface area contributed by atoms with Gasteiger partial charge in [0.15, 0.2) is 5.65 Å². The van der Waals surface area contributed by atoms with Crippen LogP contribution in [0.25, 0.3) is 11.2 Å². The second-order valence-electron chi connectivity index (χ2n) is 4.78. The van der Waals surface area contributed by atoms with E-state index < -0.39 is 0 Å². The van der Waals surface area contributed by atoms with Crippen molar-refractivity contribution in [3.63, 3.8) is 0 Å². The van der Waals surface area contributed by atoms with E-state index in [0.29, 0.717) is 0 Å². The second kappa shape index (κ2) is 3.08. The number of imidazole rings is 1. The van der Waals surface area contributed by atoms with Crippen molar-refractivity contribution < 1.29 is 0 Å². The van der Waals surface area contributed by atoms with Crippen LogP contribution in [0.15, 0.2) is 24.7 Å². The first-order chi connectivity index (χ1) is 6.56. The lowest BCUT2D eigenvalue weighted by atomic mass is 9.97. The Hall–Kier alpha value is -1.38. The fourth-order valence-corrected chi connectivity index (χ4v) is 1.54. The van der Waals surface area contributed by atoms with Crippen molar-refractivity contribution in [2.75, 3.05) is 0 Å². The number of pyridine rings is 1. The van der Waals surface area contributed by atoms with Crippen molar-refractivity contribution in [1.82, 2.24) is 14.5 Å². The Labute approximate surface area is 83.8 Å². The summed E-state index contributed by atoms with van der Waals surface area (Å²) in [4.78, 5) is 8.45. The van der Waals surface area contributed by atoms with Gasteiger partial charge in [0.05, 0.1) is 11.8 Å². The average Bonchev–Trinajstić information content (AvgIpc) is 2.47. The fraction of sp³-hybridized carbons (Fsp3) is 0.455. The van der Waals surface area contributed by atoms with E-state index in [2.05, 4.69) is 41.4 Å². The van der Waals surface area contributed by atoms with Gasteiger partial charge in [0.1, 0.15) is 0 Å². The molecule has 0 radical (unpaired) electrons. The molecule has 14 heavy (non-hydrogen) atoms. The Kier molecular flexibility index (Phi) is 2.02. The molecular formula is C11H15N3. The molecule has 0 saturated heterocycles. The van der Waals surface area contributed by atoms with E-state index in [1.165, 1.54) is 0 Å². The number of fused-ring (bicyclic) bond motifs is 1. The largest absolute Gasteiger partial charge is 0.329 e. The summed E-state index contributed by atoms with van der Waals surface area (Å²) < 4.78 is 2.16. The third-order valence-corrected chi connectivity index (χ3v) is 2.04. The minimum Gasteiger partial charge on any atom is -0.329 e. The van der Waals surface area contributed by atoms with E-state index in [-0.39, 0.29) is 5.41 Å². The summed E-state index contributed by atoms with van der Waals surface area (Å²) >= 11 is 0. The molecule has 2 aromatic heterocycles. The van der Waals surface area contributed by atoms with Gasteiger partial charge in [0, 0.05) is 12.7 Å². The Morgan fingerprint density at radius 3 is 2.79 bits per heavy atom. The highest BCUT2D eigenvalue weighted by atomic mass is 15.1. The molecule has 2 rings (SSSR count). The molecule has 0 aromatic carbocycles. The van der Waals surface area contributed by atoms with Gasteiger partial charge in [-0.1, -0.05) is 20.8 Å². The zero-order valence-corrected chi connectivity index (χ0v) is 8.86. The average molecular weight is 189 g/mol. The van der Waals surface area contributed by atoms with Crippen LogP contribution in [0.3, 0.4) is 0 Å². The lowest BCUT2D eigenvalue weighted by Crippen LogP contribution is -2.14. The zero-order chi connectivity index (χ0) is 10.2. The highest BCUT2D eigenvalue weighted by Crippen LogP contribution is 2.19. The molecule has 0 aliphatic heterocycles. The van der Waals surface area contributed by atoms with Crippen molar-refractivity contribution in [2.24, 2.45) is 5.41 Å². The summed E-state index contributed by atoms with van der Waals surface area (Å²) in [5, 5.41) is 0. The Morgan fingerprint density at radius 1 is 1.29 bits per heavy atom. The predicted molar refractivity (Wildman–Crippen MR) is 57.0 cm³/mol. The first-order valence-electron chi connectivity index (χ1n) is 4.82. The quantitative estimate of drug-likeness (QED) is 0.690. The van der Waals surface area contributed by atoms with Gasteiger partial charge in [-0.25, -0.2) is 9.97 Å². The highest BCUT2D eigenvalue weighted by molar-refractivity contribution is 5.70. The number of hydrogen-bond donors (Lipinski definition) is 0. The van der Waals surface area contributed by atoms with Gasteiger partial charge < -0.3 is 4.57 Å². The molecule has 0 amide bonds. The van der Waals surface area contributed by atoms with Crippen LogP contribution < -0.4 is 0 Å². The van der Waals surface area contributed by atoms with E-state index >= 15 is 0 Å². The van der Waals surface area contributed by atoms with Crippen LogP contribution >= 0.6 is 0 Å². The van der Waals surface area contributed by atoms with Gasteiger partial charge in [-0.3, -0.25) is 0 Å². The van der Waals surface area contributed by atoms with Crippen LogP contribution in [-0.4, -0.2) is 14.5 Å². The minimum absolute atomic E-state index is 0.267. The van der Waals surface area contributed by atoms with Crippen LogP contribution in [-0.2, 0) is 6.54 Å². The molecule has 0 aliphatic carbocycles. The molecule has 0 fully saturated rings. The van der Waals surface area contributed by atoms with Crippen molar-refractivity contribution in [3.05, 3.63) is 24.7 Å². The summed E-state index contributed by atoms with van der Waals surface area (Å²) in [6, 6.07) is 4.00. The number of hydrogen-bond acceptors (Lipinski definition) is 2. The first-order valence-corrected chi connectivity index (χ1v) is 4.82. The summed E-state index contributed by atoms with van der Waals surface area (Å²) in [7, 11) is 0. The molecule has 2 heterocycles. The van der Waals surface area contributed by atoms with Crippen LogP contribution in [0.4, 0.5) is 0 Å². The van der Waals surface area contributed by atoms with E-state index in [4.69, 9.17) is 0 Å². The lowest BCUT2D eigenvalue weighted by molar-refractivity contribution is 0.348. The van der Waals surface area contributed by atoms with E-state index in [1.807, 2.05) is 12.4 Å². The number of nitrogens with zero attached hydrogens (tertiary/aromatic N) is 3. The maximum absolute atomic E-state index is 4.25. The number of aromatic nitrogens is 3. The normalized spacial score (nSPS) is 12.2. The van der Waals surface area contributed by atoms with Gasteiger partial charge in [-0.05, 0) is 17.5 Å². The molecule has 0 bridgehead atoms. The molecule has 2 aromatic rings. The molecular weight excluding hydrogens is 174 g/mol. The fourth-order valence-electron chi connectivity index (χ4n) is 1.54. The predicted octanol–water partition coefficient (Wildman–Crippen LogP) is 2.48. The Morgan fingerprint density at radius 2 is 2.07 bits per heavy atom. The minimum atomic E-state index is 0.267. The highest BCUT2D eigenvalue weighted by Gasteiger charge is 2.12. The Bertz CT molecular complexity index is 437. The summed E-state index contributed by atoms with van der Waals surface area (Å²) in [5.74, 6) is 0. The summed E-state index contributed by atoms with van der Waals surface area (Å²) in [6.45, 7) is 7.62. The monoisotopic (exact) mass is 189 g/mol. The lowest BCUT2D eigenvalue weighted by Gasteiger charge is -2.18. The molecule has 0 aliphatic rings. The molecule has 3 nitrogen and oxygen atoms in total. The van der Waals surface area contributed by atoms with Crippen LogP contribution in [0.2, 0.25) is 0 Å². The topological polar surface area (TPSA) is 30.7 Å². The third-order valence-electron chi connectivity index (χ3n) is 2.04. The van der Waals surface area contributed by atoms with Crippen molar-refractivity contribution >= 4 is 11.2 Å². The molecule has 0 unspecified atom stereocenters. The van der Waals surface area contributed by atoms with Gasteiger partial charge in [0.2, 0.25) is 0 Å². The van der Waals surface area contributed by atoms with Crippen LogP contribution in [0.5, 0.6) is 0 Å². The van der Waals surface area contributed by atoms with E-state index in [0.717, 1.165) is 17.7 Å². The molecule has 3 heteroatoms. The number of rotatable bonds is 1. The standard InChI is InChI=1S/C11H15N3/c1-11(2,3)7-14-8-13-10-9(14)5-4-6-12-10/h4-6,8H,7H2,1-3H3.